The van der Waals surface area contributed by atoms with Crippen molar-refractivity contribution < 1.29 is 9.47 Å². The molecule has 1 saturated heterocycles. The monoisotopic (exact) mass is 404 g/mol. The molecule has 4 heterocycles. The van der Waals surface area contributed by atoms with Crippen LogP contribution in [0.15, 0.2) is 47.5 Å². The van der Waals surface area contributed by atoms with Crippen LogP contribution in [-0.2, 0) is 23.1 Å². The van der Waals surface area contributed by atoms with E-state index in [9.17, 15) is 4.79 Å². The van der Waals surface area contributed by atoms with Gasteiger partial charge in [0.2, 0.25) is 0 Å². The lowest BCUT2D eigenvalue weighted by Gasteiger charge is -2.23. The van der Waals surface area contributed by atoms with Crippen LogP contribution in [0, 0.1) is 0 Å². The number of methoxy groups -OCH3 is 1. The average Bonchev–Trinajstić information content (AvgIpc) is 3.05. The molecular weight excluding hydrogens is 380 g/mol. The van der Waals surface area contributed by atoms with Crippen LogP contribution in [0.3, 0.4) is 0 Å². The van der Waals surface area contributed by atoms with Gasteiger partial charge in [-0.15, -0.1) is 0 Å². The summed E-state index contributed by atoms with van der Waals surface area (Å²) in [5, 5.41) is 0.967. The SMILES string of the molecule is COCc1ccc(-c2ccc3ncc4c(c3c2)n([C@@H]2CCCOC2)c(=O)n4C)cn1. The van der Waals surface area contributed by atoms with E-state index < -0.39 is 0 Å². The molecular formula is C23H24N4O3. The van der Waals surface area contributed by atoms with Crippen LogP contribution < -0.4 is 5.69 Å². The fourth-order valence-electron chi connectivity index (χ4n) is 4.30. The van der Waals surface area contributed by atoms with Gasteiger partial charge in [0.25, 0.3) is 0 Å². The second-order valence-corrected chi connectivity index (χ2v) is 7.78. The van der Waals surface area contributed by atoms with Crippen molar-refractivity contribution in [3.8, 4) is 11.1 Å². The summed E-state index contributed by atoms with van der Waals surface area (Å²) in [5.41, 5.74) is 5.55. The number of rotatable bonds is 4. The highest BCUT2D eigenvalue weighted by molar-refractivity contribution is 6.04. The number of aromatic nitrogens is 4. The Labute approximate surface area is 173 Å². The third kappa shape index (κ3) is 3.11. The highest BCUT2D eigenvalue weighted by Gasteiger charge is 2.23. The minimum Gasteiger partial charge on any atom is -0.379 e. The molecule has 1 aliphatic heterocycles. The van der Waals surface area contributed by atoms with E-state index in [1.165, 1.54) is 0 Å². The van der Waals surface area contributed by atoms with E-state index >= 15 is 0 Å². The largest absolute Gasteiger partial charge is 0.379 e. The first-order chi connectivity index (χ1) is 14.7. The molecule has 0 N–H and O–H groups in total. The number of hydrogen-bond acceptors (Lipinski definition) is 5. The van der Waals surface area contributed by atoms with Crippen molar-refractivity contribution in [1.29, 1.82) is 0 Å². The average molecular weight is 404 g/mol. The van der Waals surface area contributed by atoms with Gasteiger partial charge in [-0.25, -0.2) is 4.79 Å². The number of ether oxygens (including phenoxy) is 2. The summed E-state index contributed by atoms with van der Waals surface area (Å²) in [7, 11) is 3.47. The van der Waals surface area contributed by atoms with Gasteiger partial charge in [-0.05, 0) is 36.6 Å². The predicted octanol–water partition coefficient (Wildman–Crippen LogP) is 3.45. The number of pyridine rings is 2. The number of imidazole rings is 1. The standard InChI is InChI=1S/C23H24N4O3/c1-26-21-12-25-20-8-6-15(16-5-7-17(13-29-2)24-11-16)10-19(20)22(21)27(23(26)28)18-4-3-9-30-14-18/h5-8,10-12,18H,3-4,9,13-14H2,1-2H3/t18-/m1/s1. The van der Waals surface area contributed by atoms with Crippen molar-refractivity contribution >= 4 is 21.9 Å². The van der Waals surface area contributed by atoms with Crippen molar-refractivity contribution in [2.24, 2.45) is 7.05 Å². The van der Waals surface area contributed by atoms with E-state index in [0.29, 0.717) is 13.2 Å². The van der Waals surface area contributed by atoms with E-state index in [4.69, 9.17) is 9.47 Å². The molecule has 1 fully saturated rings. The van der Waals surface area contributed by atoms with Crippen molar-refractivity contribution in [2.75, 3.05) is 20.3 Å². The number of hydrogen-bond donors (Lipinski definition) is 0. The summed E-state index contributed by atoms with van der Waals surface area (Å²) in [6.45, 7) is 1.81. The molecule has 1 aromatic carbocycles. The summed E-state index contributed by atoms with van der Waals surface area (Å²) in [5.74, 6) is 0. The number of nitrogens with zero attached hydrogens (tertiary/aromatic N) is 4. The Hall–Kier alpha value is -3.03. The van der Waals surface area contributed by atoms with Gasteiger partial charge in [0.15, 0.2) is 0 Å². The quantitative estimate of drug-likeness (QED) is 0.521. The van der Waals surface area contributed by atoms with Gasteiger partial charge in [-0.2, -0.15) is 0 Å². The molecule has 0 amide bonds. The maximum atomic E-state index is 13.1. The molecule has 3 aromatic heterocycles. The summed E-state index contributed by atoms with van der Waals surface area (Å²) >= 11 is 0. The Balaban J connectivity index is 1.71. The van der Waals surface area contributed by atoms with Crippen LogP contribution in [-0.4, -0.2) is 39.4 Å². The molecule has 5 rings (SSSR count). The molecule has 0 radical (unpaired) electrons. The van der Waals surface area contributed by atoms with Crippen LogP contribution in [0.4, 0.5) is 0 Å². The Bertz CT molecular complexity index is 1270. The van der Waals surface area contributed by atoms with E-state index in [-0.39, 0.29) is 11.7 Å². The van der Waals surface area contributed by atoms with Gasteiger partial charge >= 0.3 is 5.69 Å². The van der Waals surface area contributed by atoms with Crippen molar-refractivity contribution in [3.63, 3.8) is 0 Å². The summed E-state index contributed by atoms with van der Waals surface area (Å²) < 4.78 is 14.4. The third-order valence-corrected chi connectivity index (χ3v) is 5.87. The van der Waals surface area contributed by atoms with Crippen molar-refractivity contribution in [3.05, 3.63) is 58.9 Å². The zero-order chi connectivity index (χ0) is 20.7. The lowest BCUT2D eigenvalue weighted by atomic mass is 10.0. The molecule has 4 aromatic rings. The molecule has 0 unspecified atom stereocenters. The summed E-state index contributed by atoms with van der Waals surface area (Å²) in [6.07, 6.45) is 5.55. The molecule has 7 nitrogen and oxygen atoms in total. The van der Waals surface area contributed by atoms with E-state index in [0.717, 1.165) is 58.2 Å². The number of fused-ring (bicyclic) bond motifs is 3. The van der Waals surface area contributed by atoms with Gasteiger partial charge in [0.05, 0.1) is 47.7 Å². The maximum Gasteiger partial charge on any atom is 0.329 e. The van der Waals surface area contributed by atoms with Gasteiger partial charge < -0.3 is 9.47 Å². The lowest BCUT2D eigenvalue weighted by molar-refractivity contribution is 0.0593. The second kappa shape index (κ2) is 7.66. The van der Waals surface area contributed by atoms with E-state index in [1.807, 2.05) is 35.0 Å². The van der Waals surface area contributed by atoms with Crippen LogP contribution in [0.25, 0.3) is 33.1 Å². The summed E-state index contributed by atoms with van der Waals surface area (Å²) in [6, 6.07) is 10.2. The third-order valence-electron chi connectivity index (χ3n) is 5.87. The van der Waals surface area contributed by atoms with Crippen LogP contribution in [0.5, 0.6) is 0 Å². The number of benzene rings is 1. The molecule has 1 atom stereocenters. The molecule has 30 heavy (non-hydrogen) atoms. The molecule has 7 heteroatoms. The van der Waals surface area contributed by atoms with Crippen molar-refractivity contribution in [1.82, 2.24) is 19.1 Å². The number of aryl methyl sites for hydroxylation is 1. The molecule has 0 spiro atoms. The first-order valence-corrected chi connectivity index (χ1v) is 10.2. The fourth-order valence-corrected chi connectivity index (χ4v) is 4.30. The molecule has 0 saturated carbocycles. The zero-order valence-electron chi connectivity index (χ0n) is 17.2. The first kappa shape index (κ1) is 19.0. The Kier molecular flexibility index (Phi) is 4.84. The van der Waals surface area contributed by atoms with Gasteiger partial charge in [-0.3, -0.25) is 19.1 Å². The van der Waals surface area contributed by atoms with Crippen LogP contribution in [0.1, 0.15) is 24.6 Å². The Morgan fingerprint density at radius 2 is 2.03 bits per heavy atom. The van der Waals surface area contributed by atoms with Crippen LogP contribution >= 0.6 is 0 Å². The fraction of sp³-hybridized carbons (Fsp3) is 0.348. The second-order valence-electron chi connectivity index (χ2n) is 7.78. The molecule has 0 aliphatic carbocycles. The highest BCUT2D eigenvalue weighted by Crippen LogP contribution is 2.31. The van der Waals surface area contributed by atoms with E-state index in [1.54, 1.807) is 24.9 Å². The van der Waals surface area contributed by atoms with Gasteiger partial charge in [0.1, 0.15) is 0 Å². The van der Waals surface area contributed by atoms with Crippen molar-refractivity contribution in [2.45, 2.75) is 25.5 Å². The first-order valence-electron chi connectivity index (χ1n) is 10.2. The highest BCUT2D eigenvalue weighted by atomic mass is 16.5. The molecule has 154 valence electrons. The normalized spacial score (nSPS) is 17.1. The minimum absolute atomic E-state index is 0.0224. The van der Waals surface area contributed by atoms with E-state index in [2.05, 4.69) is 16.0 Å². The smallest absolute Gasteiger partial charge is 0.329 e. The van der Waals surface area contributed by atoms with Gasteiger partial charge in [0, 0.05) is 37.9 Å². The van der Waals surface area contributed by atoms with Crippen LogP contribution in [0.2, 0.25) is 0 Å². The summed E-state index contributed by atoms with van der Waals surface area (Å²) in [4.78, 5) is 22.2. The predicted molar refractivity (Wildman–Crippen MR) is 116 cm³/mol. The Morgan fingerprint density at radius 3 is 2.77 bits per heavy atom. The Morgan fingerprint density at radius 1 is 1.17 bits per heavy atom. The lowest BCUT2D eigenvalue weighted by Crippen LogP contribution is -2.31. The molecule has 1 aliphatic rings. The molecule has 0 bridgehead atoms. The topological polar surface area (TPSA) is 71.2 Å². The zero-order valence-corrected chi connectivity index (χ0v) is 17.2. The maximum absolute atomic E-state index is 13.1. The van der Waals surface area contributed by atoms with Gasteiger partial charge in [-0.1, -0.05) is 12.1 Å². The minimum atomic E-state index is -0.0224.